The van der Waals surface area contributed by atoms with Crippen molar-refractivity contribution in [3.05, 3.63) is 58.1 Å². The summed E-state index contributed by atoms with van der Waals surface area (Å²) in [5.41, 5.74) is 1.33. The van der Waals surface area contributed by atoms with Gasteiger partial charge in [-0.3, -0.25) is 9.59 Å². The summed E-state index contributed by atoms with van der Waals surface area (Å²) in [7, 11) is 0. The lowest BCUT2D eigenvalue weighted by Crippen LogP contribution is -2.59. The molecule has 1 saturated heterocycles. The number of hydrogen-bond acceptors (Lipinski definition) is 4. The number of rotatable bonds is 5. The number of benzene rings is 2. The zero-order chi connectivity index (χ0) is 23.6. The molecule has 10 heteroatoms. The molecule has 0 bridgehead atoms. The number of hydrogen-bond donors (Lipinski definition) is 0. The molecule has 0 aromatic heterocycles. The van der Waals surface area contributed by atoms with Gasteiger partial charge in [0.2, 0.25) is 5.78 Å². The van der Waals surface area contributed by atoms with Crippen molar-refractivity contribution in [2.75, 3.05) is 23.7 Å². The van der Waals surface area contributed by atoms with Crippen LogP contribution in [0.2, 0.25) is 10.0 Å². The molecule has 2 aromatic rings. The molecule has 1 fully saturated rings. The molecule has 1 amide bonds. The third-order valence-electron chi connectivity index (χ3n) is 5.52. The Hall–Kier alpha value is -1.90. The maximum absolute atomic E-state index is 13.1. The quantitative estimate of drug-likeness (QED) is 0.471. The van der Waals surface area contributed by atoms with Crippen LogP contribution >= 0.6 is 35.0 Å². The van der Waals surface area contributed by atoms with Crippen molar-refractivity contribution in [1.82, 2.24) is 4.90 Å². The van der Waals surface area contributed by atoms with Crippen molar-refractivity contribution in [1.29, 1.82) is 0 Å². The number of Topliss-reactive ketones (excluding diaryl/α,β-unsaturated/α-hetero) is 1. The predicted octanol–water partition coefficient (Wildman–Crippen LogP) is 5.96. The van der Waals surface area contributed by atoms with Crippen LogP contribution < -0.4 is 4.90 Å². The predicted molar refractivity (Wildman–Crippen MR) is 122 cm³/mol. The summed E-state index contributed by atoms with van der Waals surface area (Å²) in [6.45, 7) is 5.12. The Morgan fingerprint density at radius 3 is 2.41 bits per heavy atom. The number of alkyl halides is 3. The van der Waals surface area contributed by atoms with Gasteiger partial charge in [0.05, 0.1) is 10.8 Å². The number of nitrogens with zero attached hydrogens (tertiary/aromatic N) is 2. The van der Waals surface area contributed by atoms with Gasteiger partial charge in [-0.2, -0.15) is 13.2 Å². The van der Waals surface area contributed by atoms with Crippen molar-refractivity contribution in [3.63, 3.8) is 0 Å². The monoisotopic (exact) mass is 504 g/mol. The first-order valence-electron chi connectivity index (χ1n) is 9.84. The molecule has 0 saturated carbocycles. The normalized spacial score (nSPS) is 19.2. The topological polar surface area (TPSA) is 40.6 Å². The molecular formula is C22H21Cl2F3N2O2S. The Balaban J connectivity index is 1.70. The summed E-state index contributed by atoms with van der Waals surface area (Å²) in [6, 6.07) is 11.9. The van der Waals surface area contributed by atoms with Gasteiger partial charge in [0.25, 0.3) is 5.91 Å². The number of piperazine rings is 1. The Morgan fingerprint density at radius 1 is 1.06 bits per heavy atom. The van der Waals surface area contributed by atoms with Gasteiger partial charge in [-0.25, -0.2) is 0 Å². The summed E-state index contributed by atoms with van der Waals surface area (Å²) in [5, 5.41) is 0.777. The van der Waals surface area contributed by atoms with Crippen molar-refractivity contribution in [2.24, 2.45) is 0 Å². The lowest BCUT2D eigenvalue weighted by atomic mass is 10.0. The average molecular weight is 505 g/mol. The van der Waals surface area contributed by atoms with E-state index >= 15 is 0 Å². The molecule has 1 aliphatic heterocycles. The molecule has 3 rings (SSSR count). The van der Waals surface area contributed by atoms with E-state index in [2.05, 4.69) is 4.90 Å². The highest BCUT2D eigenvalue weighted by molar-refractivity contribution is 8.00. The number of carbonyl (C=O) groups is 2. The third-order valence-corrected chi connectivity index (χ3v) is 7.25. The Kier molecular flexibility index (Phi) is 7.68. The Labute approximate surface area is 198 Å². The van der Waals surface area contributed by atoms with Gasteiger partial charge in [-0.1, -0.05) is 29.3 Å². The van der Waals surface area contributed by atoms with E-state index in [-0.39, 0.29) is 23.0 Å². The molecule has 0 aliphatic carbocycles. The van der Waals surface area contributed by atoms with Gasteiger partial charge >= 0.3 is 6.18 Å². The minimum atomic E-state index is -4.88. The molecule has 0 radical (unpaired) electrons. The maximum atomic E-state index is 13.1. The number of anilines is 1. The fourth-order valence-corrected chi connectivity index (χ4v) is 4.93. The summed E-state index contributed by atoms with van der Waals surface area (Å²) >= 11 is 13.0. The first kappa shape index (κ1) is 24.7. The van der Waals surface area contributed by atoms with Crippen LogP contribution in [0.1, 0.15) is 24.2 Å². The highest BCUT2D eigenvalue weighted by Crippen LogP contribution is 2.32. The second-order valence-corrected chi connectivity index (χ2v) is 9.37. The van der Waals surface area contributed by atoms with Crippen LogP contribution in [0.5, 0.6) is 0 Å². The van der Waals surface area contributed by atoms with E-state index in [9.17, 15) is 22.8 Å². The second-order valence-electron chi connectivity index (χ2n) is 7.51. The number of thioether (sulfide) groups is 1. The maximum Gasteiger partial charge on any atom is 0.450 e. The zero-order valence-electron chi connectivity index (χ0n) is 17.3. The first-order valence-corrected chi connectivity index (χ1v) is 11.6. The van der Waals surface area contributed by atoms with Gasteiger partial charge < -0.3 is 9.80 Å². The summed E-state index contributed by atoms with van der Waals surface area (Å²) in [6.07, 6.45) is -4.88. The summed E-state index contributed by atoms with van der Waals surface area (Å²) in [5.74, 6) is -2.81. The number of carbonyl (C=O) groups excluding carboxylic acids is 2. The minimum Gasteiger partial charge on any atom is -0.365 e. The molecule has 2 atom stereocenters. The van der Waals surface area contributed by atoms with Crippen LogP contribution in [0.25, 0.3) is 0 Å². The standard InChI is InChI=1S/C22H21Cl2F3N2O2S/c1-13-14(2)29(9-8-28(13)17-5-3-4-16(23)11-17)21(31)15-6-7-19(18(24)10-15)32-12-20(30)22(25,26)27/h3-7,10-11,13-14H,8-9,12H2,1-2H3. The van der Waals surface area contributed by atoms with Crippen LogP contribution in [0.15, 0.2) is 47.4 Å². The van der Waals surface area contributed by atoms with Crippen molar-refractivity contribution in [2.45, 2.75) is 37.0 Å². The lowest BCUT2D eigenvalue weighted by Gasteiger charge is -2.46. The third kappa shape index (κ3) is 5.53. The fraction of sp³-hybridized carbons (Fsp3) is 0.364. The average Bonchev–Trinajstić information content (AvgIpc) is 2.73. The van der Waals surface area contributed by atoms with Crippen LogP contribution in [0.3, 0.4) is 0 Å². The molecule has 2 unspecified atom stereocenters. The van der Waals surface area contributed by atoms with Crippen LogP contribution in [0, 0.1) is 0 Å². The van der Waals surface area contributed by atoms with E-state index in [1.165, 1.54) is 18.2 Å². The number of ketones is 1. The van der Waals surface area contributed by atoms with Gasteiger partial charge in [-0.15, -0.1) is 11.8 Å². The van der Waals surface area contributed by atoms with E-state index in [1.807, 2.05) is 38.1 Å². The number of amides is 1. The molecule has 32 heavy (non-hydrogen) atoms. The smallest absolute Gasteiger partial charge is 0.365 e. The van der Waals surface area contributed by atoms with Crippen molar-refractivity contribution in [3.8, 4) is 0 Å². The molecule has 1 aliphatic rings. The molecular weight excluding hydrogens is 484 g/mol. The van der Waals surface area contributed by atoms with Gasteiger partial charge in [-0.05, 0) is 50.2 Å². The summed E-state index contributed by atoms with van der Waals surface area (Å²) < 4.78 is 37.2. The Bertz CT molecular complexity index is 1020. The summed E-state index contributed by atoms with van der Waals surface area (Å²) in [4.78, 5) is 28.5. The van der Waals surface area contributed by atoms with E-state index in [1.54, 1.807) is 4.90 Å². The van der Waals surface area contributed by atoms with Crippen molar-refractivity contribution < 1.29 is 22.8 Å². The van der Waals surface area contributed by atoms with Crippen molar-refractivity contribution >= 4 is 52.3 Å². The lowest BCUT2D eigenvalue weighted by molar-refractivity contribution is -0.167. The van der Waals surface area contributed by atoms with Crippen LogP contribution in [0.4, 0.5) is 18.9 Å². The molecule has 0 N–H and O–H groups in total. The van der Waals surface area contributed by atoms with Crippen LogP contribution in [-0.2, 0) is 4.79 Å². The molecule has 1 heterocycles. The van der Waals surface area contributed by atoms with Gasteiger partial charge in [0.1, 0.15) is 0 Å². The van der Waals surface area contributed by atoms with E-state index < -0.39 is 17.7 Å². The first-order chi connectivity index (χ1) is 15.0. The minimum absolute atomic E-state index is 0.0323. The SMILES string of the molecule is CC1C(C)N(c2cccc(Cl)c2)CCN1C(=O)c1ccc(SCC(=O)C(F)(F)F)c(Cl)c1. The molecule has 2 aromatic carbocycles. The van der Waals surface area contributed by atoms with E-state index in [4.69, 9.17) is 23.2 Å². The van der Waals surface area contributed by atoms with Crippen LogP contribution in [-0.4, -0.2) is 53.7 Å². The highest BCUT2D eigenvalue weighted by atomic mass is 35.5. The van der Waals surface area contributed by atoms with Gasteiger partial charge in [0.15, 0.2) is 0 Å². The molecule has 172 valence electrons. The van der Waals surface area contributed by atoms with Gasteiger partial charge in [0, 0.05) is 46.3 Å². The second kappa shape index (κ2) is 9.93. The number of halogens is 5. The Morgan fingerprint density at radius 2 is 1.78 bits per heavy atom. The molecule has 0 spiro atoms. The van der Waals surface area contributed by atoms with E-state index in [0.29, 0.717) is 40.3 Å². The highest BCUT2D eigenvalue weighted by Gasteiger charge is 2.38. The van der Waals surface area contributed by atoms with E-state index in [0.717, 1.165) is 5.69 Å². The molecule has 4 nitrogen and oxygen atoms in total. The zero-order valence-corrected chi connectivity index (χ0v) is 19.7. The largest absolute Gasteiger partial charge is 0.450 e. The fourth-order valence-electron chi connectivity index (χ4n) is 3.59.